The van der Waals surface area contributed by atoms with Crippen LogP contribution in [0.3, 0.4) is 0 Å². The third-order valence-electron chi connectivity index (χ3n) is 4.63. The lowest BCUT2D eigenvalue weighted by Crippen LogP contribution is -2.45. The first kappa shape index (κ1) is 21.2. The molecule has 27 heavy (non-hydrogen) atoms. The van der Waals surface area contributed by atoms with Gasteiger partial charge >= 0.3 is 5.97 Å². The molecule has 1 aromatic rings. The quantitative estimate of drug-likeness (QED) is 0.623. The van der Waals surface area contributed by atoms with E-state index in [4.69, 9.17) is 14.2 Å². The summed E-state index contributed by atoms with van der Waals surface area (Å²) in [4.78, 5) is 25.0. The van der Waals surface area contributed by atoms with Gasteiger partial charge in [0.15, 0.2) is 0 Å². The van der Waals surface area contributed by atoms with Gasteiger partial charge in [-0.3, -0.25) is 4.79 Å². The molecule has 1 aliphatic rings. The molecule has 0 spiro atoms. The van der Waals surface area contributed by atoms with Crippen LogP contribution in [0.1, 0.15) is 57.3 Å². The molecule has 6 heteroatoms. The number of benzene rings is 1. The van der Waals surface area contributed by atoms with E-state index in [0.717, 1.165) is 19.3 Å². The van der Waals surface area contributed by atoms with E-state index in [1.807, 2.05) is 27.7 Å². The Balaban J connectivity index is 2.19. The Labute approximate surface area is 161 Å². The molecule has 1 aliphatic carbocycles. The summed E-state index contributed by atoms with van der Waals surface area (Å²) in [5.41, 5.74) is -0.0448. The fourth-order valence-electron chi connectivity index (χ4n) is 2.83. The van der Waals surface area contributed by atoms with Gasteiger partial charge in [0.05, 0.1) is 13.7 Å². The largest absolute Gasteiger partial charge is 0.492 e. The second-order valence-electron chi connectivity index (χ2n) is 7.59. The van der Waals surface area contributed by atoms with E-state index in [-0.39, 0.29) is 11.8 Å². The normalized spacial score (nSPS) is 15.9. The van der Waals surface area contributed by atoms with Gasteiger partial charge in [-0.15, -0.1) is 0 Å². The Morgan fingerprint density at radius 1 is 1.30 bits per heavy atom. The maximum absolute atomic E-state index is 12.9. The van der Waals surface area contributed by atoms with E-state index in [1.54, 1.807) is 18.2 Å². The van der Waals surface area contributed by atoms with Crippen LogP contribution in [0.5, 0.6) is 5.75 Å². The highest BCUT2D eigenvalue weighted by atomic mass is 16.5. The molecule has 0 unspecified atom stereocenters. The molecule has 1 aromatic carbocycles. The average Bonchev–Trinajstić information content (AvgIpc) is 3.49. The maximum atomic E-state index is 12.9. The molecular formula is C21H31NO5. The molecule has 0 radical (unpaired) electrons. The summed E-state index contributed by atoms with van der Waals surface area (Å²) in [6, 6.07) is 5.01. The van der Waals surface area contributed by atoms with E-state index in [0.29, 0.717) is 36.1 Å². The van der Waals surface area contributed by atoms with Gasteiger partial charge < -0.3 is 19.5 Å². The van der Waals surface area contributed by atoms with Crippen LogP contribution in [0.15, 0.2) is 18.2 Å². The summed E-state index contributed by atoms with van der Waals surface area (Å²) in [6.07, 6.45) is 2.83. The zero-order chi connectivity index (χ0) is 20.0. The highest BCUT2D eigenvalue weighted by Gasteiger charge is 2.48. The summed E-state index contributed by atoms with van der Waals surface area (Å²) in [7, 11) is 1.32. The van der Waals surface area contributed by atoms with Gasteiger partial charge in [-0.2, -0.15) is 0 Å². The van der Waals surface area contributed by atoms with Crippen molar-refractivity contribution in [3.8, 4) is 5.75 Å². The molecule has 1 saturated carbocycles. The van der Waals surface area contributed by atoms with Crippen LogP contribution >= 0.6 is 0 Å². The van der Waals surface area contributed by atoms with Gasteiger partial charge in [0.1, 0.15) is 16.9 Å². The van der Waals surface area contributed by atoms with Crippen molar-refractivity contribution in [3.05, 3.63) is 23.8 Å². The molecule has 2 rings (SSSR count). The van der Waals surface area contributed by atoms with Crippen molar-refractivity contribution in [1.29, 1.82) is 0 Å². The predicted molar refractivity (Wildman–Crippen MR) is 104 cm³/mol. The first-order chi connectivity index (χ1) is 12.8. The number of carbonyl (C=O) groups is 2. The monoisotopic (exact) mass is 377 g/mol. The zero-order valence-electron chi connectivity index (χ0n) is 17.0. The van der Waals surface area contributed by atoms with Crippen LogP contribution in [0.4, 0.5) is 5.69 Å². The first-order valence-electron chi connectivity index (χ1n) is 9.62. The van der Waals surface area contributed by atoms with Crippen LogP contribution < -0.4 is 10.1 Å². The lowest BCUT2D eigenvalue weighted by molar-refractivity contribution is -0.142. The third kappa shape index (κ3) is 5.45. The fraction of sp³-hybridized carbons (Fsp3) is 0.619. The van der Waals surface area contributed by atoms with E-state index in [2.05, 4.69) is 5.32 Å². The van der Waals surface area contributed by atoms with Gasteiger partial charge in [-0.1, -0.05) is 20.8 Å². The van der Waals surface area contributed by atoms with Crippen LogP contribution in [0.25, 0.3) is 0 Å². The van der Waals surface area contributed by atoms with Crippen LogP contribution in [0.2, 0.25) is 0 Å². The summed E-state index contributed by atoms with van der Waals surface area (Å²) in [5.74, 6) is 0.311. The van der Waals surface area contributed by atoms with Crippen molar-refractivity contribution < 1.29 is 23.8 Å². The minimum atomic E-state index is -0.853. The number of hydrogen-bond donors (Lipinski definition) is 1. The second-order valence-corrected chi connectivity index (χ2v) is 7.59. The van der Waals surface area contributed by atoms with Gasteiger partial charge in [0.25, 0.3) is 5.91 Å². The van der Waals surface area contributed by atoms with E-state index in [1.165, 1.54) is 7.11 Å². The molecular weight excluding hydrogens is 346 g/mol. The number of hydrogen-bond acceptors (Lipinski definition) is 5. The maximum Gasteiger partial charge on any atom is 0.341 e. The SMILES string of the molecule is CCCO[C@@](C)(C(=O)Nc1ccc(OCC(C)C)c(C(=O)OC)c1)C1CC1. The van der Waals surface area contributed by atoms with E-state index in [9.17, 15) is 9.59 Å². The Bertz CT molecular complexity index is 669. The number of amides is 1. The number of carbonyl (C=O) groups excluding carboxylic acids is 2. The van der Waals surface area contributed by atoms with Crippen molar-refractivity contribution in [2.24, 2.45) is 11.8 Å². The standard InChI is InChI=1S/C21H31NO5/c1-6-11-27-21(4,15-7-8-15)20(24)22-16-9-10-18(26-13-14(2)3)17(12-16)19(23)25-5/h9-10,12,14-15H,6-8,11,13H2,1-5H3,(H,22,24)/t21-/m1/s1. The van der Waals surface area contributed by atoms with Crippen LogP contribution in [0, 0.1) is 11.8 Å². The van der Waals surface area contributed by atoms with E-state index >= 15 is 0 Å². The summed E-state index contributed by atoms with van der Waals surface area (Å²) >= 11 is 0. The molecule has 1 amide bonds. The average molecular weight is 377 g/mol. The highest BCUT2D eigenvalue weighted by molar-refractivity contribution is 5.99. The topological polar surface area (TPSA) is 73.9 Å². The highest BCUT2D eigenvalue weighted by Crippen LogP contribution is 2.42. The first-order valence-corrected chi connectivity index (χ1v) is 9.62. The Hall–Kier alpha value is -2.08. The molecule has 1 fully saturated rings. The van der Waals surface area contributed by atoms with Crippen molar-refractivity contribution in [2.75, 3.05) is 25.6 Å². The predicted octanol–water partition coefficient (Wildman–Crippen LogP) is 4.04. The molecule has 1 N–H and O–H groups in total. The minimum Gasteiger partial charge on any atom is -0.492 e. The number of anilines is 1. The van der Waals surface area contributed by atoms with Gasteiger partial charge in [0, 0.05) is 12.3 Å². The van der Waals surface area contributed by atoms with Crippen molar-refractivity contribution in [2.45, 2.75) is 52.6 Å². The minimum absolute atomic E-state index is 0.190. The van der Waals surface area contributed by atoms with Gasteiger partial charge in [0.2, 0.25) is 0 Å². The summed E-state index contributed by atoms with van der Waals surface area (Å²) < 4.78 is 16.5. The van der Waals surface area contributed by atoms with E-state index < -0.39 is 11.6 Å². The summed E-state index contributed by atoms with van der Waals surface area (Å²) in [6.45, 7) is 8.94. The number of rotatable bonds is 10. The smallest absolute Gasteiger partial charge is 0.341 e. The Kier molecular flexibility index (Phi) is 7.25. The van der Waals surface area contributed by atoms with Gasteiger partial charge in [-0.05, 0) is 56.2 Å². The molecule has 150 valence electrons. The number of methoxy groups -OCH3 is 1. The second kappa shape index (κ2) is 9.22. The van der Waals surface area contributed by atoms with Crippen molar-refractivity contribution in [3.63, 3.8) is 0 Å². The lowest BCUT2D eigenvalue weighted by Gasteiger charge is -2.28. The third-order valence-corrected chi connectivity index (χ3v) is 4.63. The number of ether oxygens (including phenoxy) is 3. The Morgan fingerprint density at radius 2 is 2.00 bits per heavy atom. The summed E-state index contributed by atoms with van der Waals surface area (Å²) in [5, 5.41) is 2.90. The lowest BCUT2D eigenvalue weighted by atomic mass is 9.98. The molecule has 0 heterocycles. The molecule has 0 bridgehead atoms. The molecule has 0 saturated heterocycles. The molecule has 1 atom stereocenters. The van der Waals surface area contributed by atoms with Crippen LogP contribution in [-0.2, 0) is 14.3 Å². The van der Waals surface area contributed by atoms with Gasteiger partial charge in [-0.25, -0.2) is 4.79 Å². The molecule has 6 nitrogen and oxygen atoms in total. The van der Waals surface area contributed by atoms with Crippen molar-refractivity contribution in [1.82, 2.24) is 0 Å². The van der Waals surface area contributed by atoms with Crippen LogP contribution in [-0.4, -0.2) is 37.8 Å². The van der Waals surface area contributed by atoms with Crippen molar-refractivity contribution >= 4 is 17.6 Å². The fourth-order valence-corrected chi connectivity index (χ4v) is 2.83. The Morgan fingerprint density at radius 3 is 2.56 bits per heavy atom. The zero-order valence-corrected chi connectivity index (χ0v) is 17.0. The number of esters is 1. The number of nitrogens with one attached hydrogen (secondary N) is 1. The molecule has 0 aliphatic heterocycles. The molecule has 0 aromatic heterocycles.